The van der Waals surface area contributed by atoms with Crippen LogP contribution in [-0.4, -0.2) is 27.7 Å². The van der Waals surface area contributed by atoms with Gasteiger partial charge in [0.1, 0.15) is 5.75 Å². The normalized spacial score (nSPS) is 13.2. The van der Waals surface area contributed by atoms with Crippen molar-refractivity contribution >= 4 is 34.4 Å². The molecule has 0 spiro atoms. The number of ether oxygens (including phenoxy) is 1. The van der Waals surface area contributed by atoms with Crippen LogP contribution in [0.5, 0.6) is 5.75 Å². The quantitative estimate of drug-likeness (QED) is 0.232. The van der Waals surface area contributed by atoms with E-state index in [0.29, 0.717) is 22.9 Å². The van der Waals surface area contributed by atoms with E-state index in [0.717, 1.165) is 33.3 Å². The van der Waals surface area contributed by atoms with Crippen molar-refractivity contribution in [1.29, 1.82) is 0 Å². The van der Waals surface area contributed by atoms with Gasteiger partial charge in [0.05, 0.1) is 11.1 Å². The minimum atomic E-state index is -1.06. The van der Waals surface area contributed by atoms with Gasteiger partial charge >= 0.3 is 5.97 Å². The number of aliphatic carboxylic acids is 1. The zero-order valence-corrected chi connectivity index (χ0v) is 24.9. The summed E-state index contributed by atoms with van der Waals surface area (Å²) in [6, 6.07) is 19.5. The van der Waals surface area contributed by atoms with Crippen molar-refractivity contribution in [2.24, 2.45) is 0 Å². The van der Waals surface area contributed by atoms with Gasteiger partial charge in [0.2, 0.25) is 0 Å². The molecule has 0 fully saturated rings. The van der Waals surface area contributed by atoms with E-state index < -0.39 is 12.1 Å². The number of nitrogens with zero attached hydrogens (tertiary/aromatic N) is 1. The van der Waals surface area contributed by atoms with Crippen LogP contribution in [0.1, 0.15) is 79.0 Å². The number of aromatic nitrogens is 1. The van der Waals surface area contributed by atoms with E-state index in [1.54, 1.807) is 12.1 Å². The molecule has 0 bridgehead atoms. The summed E-state index contributed by atoms with van der Waals surface area (Å²) in [5.74, 6) is -0.843. The van der Waals surface area contributed by atoms with Gasteiger partial charge in [-0.05, 0) is 85.7 Å². The average molecular weight is 561 g/mol. The van der Waals surface area contributed by atoms with Crippen molar-refractivity contribution < 1.29 is 19.4 Å². The molecule has 0 saturated carbocycles. The van der Waals surface area contributed by atoms with Crippen molar-refractivity contribution in [2.75, 3.05) is 0 Å². The molecule has 1 aromatic heterocycles. The van der Waals surface area contributed by atoms with Crippen LogP contribution in [0.4, 0.5) is 0 Å². The highest BCUT2D eigenvalue weighted by atomic mass is 35.5. The molecule has 1 amide bonds. The second kappa shape index (κ2) is 11.4. The summed E-state index contributed by atoms with van der Waals surface area (Å²) in [5.41, 5.74) is 7.11. The third kappa shape index (κ3) is 6.18. The molecule has 4 aromatic rings. The first-order valence-corrected chi connectivity index (χ1v) is 13.8. The number of carboxylic acids is 1. The van der Waals surface area contributed by atoms with Crippen molar-refractivity contribution in [3.05, 3.63) is 99.2 Å². The Hall–Kier alpha value is -3.77. The summed E-state index contributed by atoms with van der Waals surface area (Å²) in [6.45, 7) is 14.7. The van der Waals surface area contributed by atoms with Crippen LogP contribution >= 0.6 is 11.6 Å². The van der Waals surface area contributed by atoms with Gasteiger partial charge in [-0.1, -0.05) is 62.7 Å². The number of rotatable bonds is 8. The van der Waals surface area contributed by atoms with Gasteiger partial charge in [0.15, 0.2) is 6.10 Å². The minimum absolute atomic E-state index is 0.0787. The van der Waals surface area contributed by atoms with E-state index >= 15 is 0 Å². The fourth-order valence-electron chi connectivity index (χ4n) is 4.79. The maximum atomic E-state index is 13.2. The van der Waals surface area contributed by atoms with E-state index in [9.17, 15) is 14.7 Å². The van der Waals surface area contributed by atoms with Crippen LogP contribution in [0.25, 0.3) is 10.9 Å². The number of carbonyl (C=O) groups excluding carboxylic acids is 1. The van der Waals surface area contributed by atoms with Crippen molar-refractivity contribution in [1.82, 2.24) is 9.88 Å². The molecule has 2 unspecified atom stereocenters. The lowest BCUT2D eigenvalue weighted by molar-refractivity contribution is -0.144. The Bertz CT molecular complexity index is 1560. The fourth-order valence-corrected chi connectivity index (χ4v) is 4.95. The third-order valence-electron chi connectivity index (χ3n) is 7.51. The van der Waals surface area contributed by atoms with Gasteiger partial charge < -0.3 is 19.7 Å². The van der Waals surface area contributed by atoms with Crippen molar-refractivity contribution in [3.8, 4) is 5.75 Å². The van der Waals surface area contributed by atoms with Crippen LogP contribution < -0.4 is 10.1 Å². The summed E-state index contributed by atoms with van der Waals surface area (Å²) in [4.78, 5) is 24.4. The van der Waals surface area contributed by atoms with Gasteiger partial charge in [-0.25, -0.2) is 4.79 Å². The molecule has 0 aliphatic carbocycles. The van der Waals surface area contributed by atoms with E-state index in [4.69, 9.17) is 16.3 Å². The summed E-state index contributed by atoms with van der Waals surface area (Å²) >= 11 is 6.26. The number of carboxylic acid groups (broad SMARTS) is 1. The van der Waals surface area contributed by atoms with Gasteiger partial charge in [0.25, 0.3) is 5.91 Å². The molecular weight excluding hydrogens is 524 g/mol. The monoisotopic (exact) mass is 560 g/mol. The zero-order chi connectivity index (χ0) is 29.4. The Morgan fingerprint density at radius 2 is 1.68 bits per heavy atom. The number of aryl methyl sites for hydroxylation is 1. The van der Waals surface area contributed by atoms with Crippen LogP contribution in [0, 0.1) is 13.8 Å². The lowest BCUT2D eigenvalue weighted by atomic mass is 9.86. The molecule has 210 valence electrons. The molecule has 40 heavy (non-hydrogen) atoms. The second-order valence-corrected chi connectivity index (χ2v) is 11.9. The lowest BCUT2D eigenvalue weighted by Crippen LogP contribution is -2.26. The molecule has 6 nitrogen and oxygen atoms in total. The molecule has 1 heterocycles. The molecule has 0 aliphatic heterocycles. The van der Waals surface area contributed by atoms with Crippen molar-refractivity contribution in [2.45, 2.75) is 72.6 Å². The highest BCUT2D eigenvalue weighted by Gasteiger charge is 2.19. The first kappa shape index (κ1) is 29.2. The summed E-state index contributed by atoms with van der Waals surface area (Å²) in [7, 11) is 0. The Labute approximate surface area is 240 Å². The van der Waals surface area contributed by atoms with E-state index in [2.05, 4.69) is 68.8 Å². The Morgan fingerprint density at radius 1 is 1.00 bits per heavy atom. The molecule has 0 radical (unpaired) electrons. The number of hydrogen-bond donors (Lipinski definition) is 2. The summed E-state index contributed by atoms with van der Waals surface area (Å²) < 4.78 is 7.73. The maximum absolute atomic E-state index is 13.2. The van der Waals surface area contributed by atoms with E-state index in [1.807, 2.05) is 31.2 Å². The maximum Gasteiger partial charge on any atom is 0.344 e. The first-order valence-electron chi connectivity index (χ1n) is 13.4. The Kier molecular flexibility index (Phi) is 8.31. The number of hydrogen-bond acceptors (Lipinski definition) is 3. The van der Waals surface area contributed by atoms with Gasteiger partial charge in [0, 0.05) is 28.7 Å². The molecule has 3 aromatic carbocycles. The van der Waals surface area contributed by atoms with Crippen molar-refractivity contribution in [3.63, 3.8) is 0 Å². The molecular formula is C33H37ClN2O4. The molecule has 4 rings (SSSR count). The number of benzene rings is 3. The van der Waals surface area contributed by atoms with E-state index in [-0.39, 0.29) is 17.4 Å². The number of carbonyl (C=O) groups is 2. The van der Waals surface area contributed by atoms with Crippen LogP contribution in [0.15, 0.2) is 60.7 Å². The highest BCUT2D eigenvalue weighted by Crippen LogP contribution is 2.31. The lowest BCUT2D eigenvalue weighted by Gasteiger charge is -2.21. The molecule has 0 saturated heterocycles. The number of fused-ring (bicyclic) bond motifs is 1. The van der Waals surface area contributed by atoms with Gasteiger partial charge in [-0.2, -0.15) is 0 Å². The van der Waals surface area contributed by atoms with Gasteiger partial charge in [-0.15, -0.1) is 0 Å². The SMILES string of the molecule is Cc1c(C)n(Cc2ccc(Cl)c(OC(C)C(=O)O)c2)c2ccc(C(=O)NC(C)c3ccc(C(C)(C)C)cc3)cc12. The Balaban J connectivity index is 1.56. The molecule has 2 atom stereocenters. The first-order chi connectivity index (χ1) is 18.8. The minimum Gasteiger partial charge on any atom is -0.479 e. The molecule has 2 N–H and O–H groups in total. The smallest absolute Gasteiger partial charge is 0.344 e. The largest absolute Gasteiger partial charge is 0.479 e. The number of amides is 1. The standard InChI is InChI=1S/C33H37ClN2O4/c1-19-21(3)36(18-23-8-14-28(34)30(16-23)40-22(4)32(38)39)29-15-11-25(17-27(19)29)31(37)35-20(2)24-9-12-26(13-10-24)33(5,6)7/h8-17,20,22H,18H2,1-7H3,(H,35,37)(H,38,39). The number of nitrogens with one attached hydrogen (secondary N) is 1. The predicted octanol–water partition coefficient (Wildman–Crippen LogP) is 7.60. The topological polar surface area (TPSA) is 80.6 Å². The average Bonchev–Trinajstić information content (AvgIpc) is 3.14. The number of halogens is 1. The van der Waals surface area contributed by atoms with E-state index in [1.165, 1.54) is 12.5 Å². The Morgan fingerprint density at radius 3 is 2.30 bits per heavy atom. The third-order valence-corrected chi connectivity index (χ3v) is 7.83. The van der Waals surface area contributed by atoms with Crippen LogP contribution in [0.2, 0.25) is 5.02 Å². The van der Waals surface area contributed by atoms with Crippen LogP contribution in [0.3, 0.4) is 0 Å². The highest BCUT2D eigenvalue weighted by molar-refractivity contribution is 6.32. The summed E-state index contributed by atoms with van der Waals surface area (Å²) in [5, 5.41) is 13.7. The summed E-state index contributed by atoms with van der Waals surface area (Å²) in [6.07, 6.45) is -1.01. The molecule has 0 aliphatic rings. The van der Waals surface area contributed by atoms with Crippen LogP contribution in [-0.2, 0) is 16.8 Å². The molecule has 7 heteroatoms. The second-order valence-electron chi connectivity index (χ2n) is 11.5. The van der Waals surface area contributed by atoms with Gasteiger partial charge in [-0.3, -0.25) is 4.79 Å². The fraction of sp³-hybridized carbons (Fsp3) is 0.333. The zero-order valence-electron chi connectivity index (χ0n) is 24.1. The predicted molar refractivity (Wildman–Crippen MR) is 161 cm³/mol.